The number of hydrogen-bond donors (Lipinski definition) is 2. The van der Waals surface area contributed by atoms with Crippen LogP contribution in [0.1, 0.15) is 42.0 Å². The number of aromatic nitrogens is 2. The first-order valence-electron chi connectivity index (χ1n) is 6.27. The van der Waals surface area contributed by atoms with Crippen molar-refractivity contribution in [3.63, 3.8) is 0 Å². The number of amides is 1. The number of rotatable bonds is 5. The van der Waals surface area contributed by atoms with Crippen LogP contribution in [-0.4, -0.2) is 32.8 Å². The van der Waals surface area contributed by atoms with Gasteiger partial charge in [0.2, 0.25) is 0 Å². The summed E-state index contributed by atoms with van der Waals surface area (Å²) in [7, 11) is 1.75. The zero-order valence-corrected chi connectivity index (χ0v) is 12.0. The van der Waals surface area contributed by atoms with Gasteiger partial charge in [-0.1, -0.05) is 13.8 Å². The molecule has 1 aromatic rings. The van der Waals surface area contributed by atoms with Crippen molar-refractivity contribution in [2.24, 2.45) is 13.0 Å². The highest BCUT2D eigenvalue weighted by atomic mass is 16.4. The van der Waals surface area contributed by atoms with Gasteiger partial charge in [0.25, 0.3) is 5.91 Å². The summed E-state index contributed by atoms with van der Waals surface area (Å²) in [5.74, 6) is -1.20. The van der Waals surface area contributed by atoms with E-state index < -0.39 is 12.0 Å². The summed E-state index contributed by atoms with van der Waals surface area (Å²) in [5, 5.41) is 15.8. The van der Waals surface area contributed by atoms with Crippen molar-refractivity contribution in [1.29, 1.82) is 0 Å². The van der Waals surface area contributed by atoms with Crippen LogP contribution in [0.15, 0.2) is 0 Å². The van der Waals surface area contributed by atoms with Gasteiger partial charge in [0, 0.05) is 12.7 Å². The standard InChI is InChI=1S/C13H21N3O3/c1-7(2)6-10(13(18)19)14-12(17)11-8(3)15-16(5)9(11)4/h7,10H,6H2,1-5H3,(H,14,17)(H,18,19)/t10-/m1/s1. The number of aryl methyl sites for hydroxylation is 2. The number of hydrogen-bond acceptors (Lipinski definition) is 3. The summed E-state index contributed by atoms with van der Waals surface area (Å²) in [5.41, 5.74) is 1.78. The van der Waals surface area contributed by atoms with Gasteiger partial charge in [-0.2, -0.15) is 5.10 Å². The van der Waals surface area contributed by atoms with Crippen molar-refractivity contribution in [1.82, 2.24) is 15.1 Å². The van der Waals surface area contributed by atoms with Gasteiger partial charge >= 0.3 is 5.97 Å². The lowest BCUT2D eigenvalue weighted by atomic mass is 10.0. The lowest BCUT2D eigenvalue weighted by Gasteiger charge is -2.16. The molecule has 0 aliphatic rings. The molecule has 0 aliphatic heterocycles. The Hall–Kier alpha value is -1.85. The minimum absolute atomic E-state index is 0.192. The Morgan fingerprint density at radius 1 is 1.37 bits per heavy atom. The van der Waals surface area contributed by atoms with E-state index in [2.05, 4.69) is 10.4 Å². The molecule has 19 heavy (non-hydrogen) atoms. The minimum Gasteiger partial charge on any atom is -0.480 e. The molecule has 0 saturated carbocycles. The number of carbonyl (C=O) groups is 2. The Labute approximate surface area is 112 Å². The van der Waals surface area contributed by atoms with Gasteiger partial charge in [0.05, 0.1) is 11.3 Å². The van der Waals surface area contributed by atoms with E-state index in [0.717, 1.165) is 5.69 Å². The lowest BCUT2D eigenvalue weighted by molar-refractivity contribution is -0.139. The Balaban J connectivity index is 2.91. The molecule has 2 N–H and O–H groups in total. The second-order valence-electron chi connectivity index (χ2n) is 5.16. The van der Waals surface area contributed by atoms with Gasteiger partial charge in [-0.15, -0.1) is 0 Å². The lowest BCUT2D eigenvalue weighted by Crippen LogP contribution is -2.42. The van der Waals surface area contributed by atoms with Crippen LogP contribution in [0.3, 0.4) is 0 Å². The van der Waals surface area contributed by atoms with Crippen LogP contribution >= 0.6 is 0 Å². The van der Waals surface area contributed by atoms with E-state index in [0.29, 0.717) is 17.7 Å². The van der Waals surface area contributed by atoms with E-state index in [9.17, 15) is 9.59 Å². The van der Waals surface area contributed by atoms with Crippen molar-refractivity contribution in [2.45, 2.75) is 40.2 Å². The summed E-state index contributed by atoms with van der Waals surface area (Å²) in [6, 6.07) is -0.869. The molecule has 0 bridgehead atoms. The highest BCUT2D eigenvalue weighted by molar-refractivity contribution is 5.98. The van der Waals surface area contributed by atoms with Crippen molar-refractivity contribution < 1.29 is 14.7 Å². The second-order valence-corrected chi connectivity index (χ2v) is 5.16. The third-order valence-electron chi connectivity index (χ3n) is 3.05. The van der Waals surface area contributed by atoms with Gasteiger partial charge in [-0.25, -0.2) is 4.79 Å². The largest absolute Gasteiger partial charge is 0.480 e. The average molecular weight is 267 g/mol. The molecule has 1 aromatic heterocycles. The topological polar surface area (TPSA) is 84.2 Å². The maximum Gasteiger partial charge on any atom is 0.326 e. The molecule has 6 heteroatoms. The average Bonchev–Trinajstić information content (AvgIpc) is 2.51. The number of carbonyl (C=O) groups excluding carboxylic acids is 1. The molecule has 1 rings (SSSR count). The van der Waals surface area contributed by atoms with E-state index in [1.165, 1.54) is 0 Å². The predicted octanol–water partition coefficient (Wildman–Crippen LogP) is 1.27. The summed E-state index contributed by atoms with van der Waals surface area (Å²) in [6.07, 6.45) is 0.402. The Kier molecular flexibility index (Phi) is 4.69. The number of nitrogens with one attached hydrogen (secondary N) is 1. The number of carboxylic acids is 1. The summed E-state index contributed by atoms with van der Waals surface area (Å²) in [6.45, 7) is 7.36. The molecule has 1 heterocycles. The summed E-state index contributed by atoms with van der Waals surface area (Å²) >= 11 is 0. The van der Waals surface area contributed by atoms with Crippen molar-refractivity contribution in [3.05, 3.63) is 17.0 Å². The number of nitrogens with zero attached hydrogens (tertiary/aromatic N) is 2. The first-order valence-corrected chi connectivity index (χ1v) is 6.27. The molecule has 0 aromatic carbocycles. The fourth-order valence-corrected chi connectivity index (χ4v) is 2.03. The third-order valence-corrected chi connectivity index (χ3v) is 3.05. The van der Waals surface area contributed by atoms with E-state index >= 15 is 0 Å². The molecular formula is C13H21N3O3. The van der Waals surface area contributed by atoms with Crippen LogP contribution in [0, 0.1) is 19.8 Å². The molecule has 0 aliphatic carbocycles. The number of carboxylic acid groups (broad SMARTS) is 1. The molecule has 0 saturated heterocycles. The maximum absolute atomic E-state index is 12.2. The second kappa shape index (κ2) is 5.86. The van der Waals surface area contributed by atoms with Crippen LogP contribution in [0.4, 0.5) is 0 Å². The van der Waals surface area contributed by atoms with Crippen molar-refractivity contribution >= 4 is 11.9 Å². The van der Waals surface area contributed by atoms with Crippen molar-refractivity contribution in [3.8, 4) is 0 Å². The third kappa shape index (κ3) is 3.56. The Morgan fingerprint density at radius 2 is 1.95 bits per heavy atom. The molecule has 0 unspecified atom stereocenters. The van der Waals surface area contributed by atoms with Crippen molar-refractivity contribution in [2.75, 3.05) is 0 Å². The summed E-state index contributed by atoms with van der Waals surface area (Å²) < 4.78 is 1.61. The quantitative estimate of drug-likeness (QED) is 0.841. The van der Waals surface area contributed by atoms with Crippen LogP contribution in [0.5, 0.6) is 0 Å². The zero-order chi connectivity index (χ0) is 14.7. The monoisotopic (exact) mass is 267 g/mol. The number of aliphatic carboxylic acids is 1. The fourth-order valence-electron chi connectivity index (χ4n) is 2.03. The van der Waals surface area contributed by atoms with Gasteiger partial charge in [0.15, 0.2) is 0 Å². The van der Waals surface area contributed by atoms with Gasteiger partial charge in [-0.3, -0.25) is 9.48 Å². The maximum atomic E-state index is 12.2. The molecular weight excluding hydrogens is 246 g/mol. The molecule has 0 fully saturated rings. The first kappa shape index (κ1) is 15.2. The Bertz CT molecular complexity index is 492. The van der Waals surface area contributed by atoms with Crippen LogP contribution in [0.25, 0.3) is 0 Å². The van der Waals surface area contributed by atoms with Gasteiger partial charge in [0.1, 0.15) is 6.04 Å². The minimum atomic E-state index is -1.01. The van der Waals surface area contributed by atoms with Crippen LogP contribution in [0.2, 0.25) is 0 Å². The molecule has 0 radical (unpaired) electrons. The molecule has 1 amide bonds. The van der Waals surface area contributed by atoms with Crippen LogP contribution in [-0.2, 0) is 11.8 Å². The fraction of sp³-hybridized carbons (Fsp3) is 0.615. The predicted molar refractivity (Wildman–Crippen MR) is 71.0 cm³/mol. The normalized spacial score (nSPS) is 12.5. The highest BCUT2D eigenvalue weighted by Crippen LogP contribution is 2.13. The SMILES string of the molecule is Cc1nn(C)c(C)c1C(=O)N[C@H](CC(C)C)C(=O)O. The Morgan fingerprint density at radius 3 is 2.32 bits per heavy atom. The molecule has 6 nitrogen and oxygen atoms in total. The molecule has 0 spiro atoms. The smallest absolute Gasteiger partial charge is 0.326 e. The molecule has 106 valence electrons. The van der Waals surface area contributed by atoms with Gasteiger partial charge in [-0.05, 0) is 26.2 Å². The van der Waals surface area contributed by atoms with E-state index in [-0.39, 0.29) is 11.8 Å². The molecule has 1 atom stereocenters. The van der Waals surface area contributed by atoms with E-state index in [1.807, 2.05) is 13.8 Å². The van der Waals surface area contributed by atoms with E-state index in [4.69, 9.17) is 5.11 Å². The highest BCUT2D eigenvalue weighted by Gasteiger charge is 2.24. The zero-order valence-electron chi connectivity index (χ0n) is 12.0. The van der Waals surface area contributed by atoms with Gasteiger partial charge < -0.3 is 10.4 Å². The van der Waals surface area contributed by atoms with E-state index in [1.54, 1.807) is 25.6 Å². The first-order chi connectivity index (χ1) is 8.73. The summed E-state index contributed by atoms with van der Waals surface area (Å²) in [4.78, 5) is 23.3. The van der Waals surface area contributed by atoms with Crippen LogP contribution < -0.4 is 5.32 Å².